The molecule has 0 unspecified atom stereocenters. The second kappa shape index (κ2) is 10.0. The second-order valence-corrected chi connectivity index (χ2v) is 8.59. The molecule has 158 valence electrons. The van der Waals surface area contributed by atoms with Gasteiger partial charge in [0, 0.05) is 30.5 Å². The third-order valence-electron chi connectivity index (χ3n) is 5.49. The molecule has 30 heavy (non-hydrogen) atoms. The molecule has 1 aromatic carbocycles. The zero-order valence-corrected chi connectivity index (χ0v) is 18.2. The Labute approximate surface area is 181 Å². The van der Waals surface area contributed by atoms with Gasteiger partial charge in [-0.05, 0) is 67.6 Å². The van der Waals surface area contributed by atoms with Crippen LogP contribution in [0.25, 0.3) is 17.1 Å². The van der Waals surface area contributed by atoms with E-state index in [1.165, 1.54) is 44.0 Å². The van der Waals surface area contributed by atoms with Crippen LogP contribution in [0.3, 0.4) is 0 Å². The highest BCUT2D eigenvalue weighted by Crippen LogP contribution is 2.21. The molecule has 0 bridgehead atoms. The van der Waals surface area contributed by atoms with E-state index >= 15 is 0 Å². The predicted molar refractivity (Wildman–Crippen MR) is 121 cm³/mol. The smallest absolute Gasteiger partial charge is 0.267 e. The van der Waals surface area contributed by atoms with Crippen molar-refractivity contribution in [2.75, 3.05) is 26.7 Å². The van der Waals surface area contributed by atoms with Gasteiger partial charge in [-0.15, -0.1) is 11.3 Å². The first kappa shape index (κ1) is 20.8. The molecular formula is C23H28N4O2S. The molecule has 1 amide bonds. The molecule has 1 fully saturated rings. The van der Waals surface area contributed by atoms with E-state index in [4.69, 9.17) is 4.98 Å². The molecule has 1 aliphatic rings. The van der Waals surface area contributed by atoms with Crippen molar-refractivity contribution in [3.05, 3.63) is 58.1 Å². The number of carbonyl (C=O) groups excluding carboxylic acids is 1. The SMILES string of the molecule is CONC(=O)/C=C/c1ccc2c(c1)nc(CCc1cccs1)n2CCN1CCCC1. The lowest BCUT2D eigenvalue weighted by Crippen LogP contribution is -2.24. The molecule has 6 nitrogen and oxygen atoms in total. The second-order valence-electron chi connectivity index (χ2n) is 7.56. The maximum absolute atomic E-state index is 11.6. The molecule has 0 aliphatic carbocycles. The van der Waals surface area contributed by atoms with Crippen molar-refractivity contribution in [3.63, 3.8) is 0 Å². The Morgan fingerprint density at radius 2 is 2.10 bits per heavy atom. The summed E-state index contributed by atoms with van der Waals surface area (Å²) in [6.45, 7) is 4.43. The normalized spacial score (nSPS) is 14.8. The number of thiophene rings is 1. The Bertz CT molecular complexity index is 1000. The molecule has 1 saturated heterocycles. The van der Waals surface area contributed by atoms with Gasteiger partial charge < -0.3 is 9.47 Å². The van der Waals surface area contributed by atoms with Gasteiger partial charge in [0.1, 0.15) is 5.82 Å². The van der Waals surface area contributed by atoms with Gasteiger partial charge in [-0.2, -0.15) is 0 Å². The van der Waals surface area contributed by atoms with Crippen molar-refractivity contribution >= 4 is 34.4 Å². The van der Waals surface area contributed by atoms with Crippen LogP contribution >= 0.6 is 11.3 Å². The van der Waals surface area contributed by atoms with Crippen LogP contribution in [0.1, 0.15) is 29.1 Å². The summed E-state index contributed by atoms with van der Waals surface area (Å²) in [5.41, 5.74) is 5.38. The molecule has 0 atom stereocenters. The van der Waals surface area contributed by atoms with Gasteiger partial charge in [0.05, 0.1) is 18.1 Å². The Hall–Kier alpha value is -2.48. The third-order valence-corrected chi connectivity index (χ3v) is 6.43. The van der Waals surface area contributed by atoms with E-state index in [-0.39, 0.29) is 5.91 Å². The summed E-state index contributed by atoms with van der Waals surface area (Å²) in [5, 5.41) is 2.13. The minimum absolute atomic E-state index is 0.287. The van der Waals surface area contributed by atoms with Gasteiger partial charge in [0.25, 0.3) is 5.91 Å². The van der Waals surface area contributed by atoms with Gasteiger partial charge in [0.2, 0.25) is 0 Å². The van der Waals surface area contributed by atoms with Crippen molar-refractivity contribution in [2.24, 2.45) is 0 Å². The van der Waals surface area contributed by atoms with Crippen LogP contribution in [-0.2, 0) is 29.0 Å². The summed E-state index contributed by atoms with van der Waals surface area (Å²) in [6.07, 6.45) is 7.80. The molecule has 1 N–H and O–H groups in total. The minimum atomic E-state index is -0.287. The summed E-state index contributed by atoms with van der Waals surface area (Å²) >= 11 is 1.80. The summed E-state index contributed by atoms with van der Waals surface area (Å²) < 4.78 is 2.38. The minimum Gasteiger partial charge on any atom is -0.327 e. The predicted octanol–water partition coefficient (Wildman–Crippen LogP) is 3.67. The molecule has 2 aromatic heterocycles. The molecular weight excluding hydrogens is 396 g/mol. The Balaban J connectivity index is 1.57. The summed E-state index contributed by atoms with van der Waals surface area (Å²) in [5.74, 6) is 0.848. The van der Waals surface area contributed by atoms with Gasteiger partial charge in [0.15, 0.2) is 0 Å². The maximum atomic E-state index is 11.6. The van der Waals surface area contributed by atoms with E-state index in [1.807, 2.05) is 12.1 Å². The molecule has 0 radical (unpaired) electrons. The number of nitrogens with one attached hydrogen (secondary N) is 1. The van der Waals surface area contributed by atoms with Crippen molar-refractivity contribution in [3.8, 4) is 0 Å². The standard InChI is InChI=1S/C23H28N4O2S/c1-29-25-23(28)11-7-18-6-9-21-20(17-18)24-22(10-8-19-5-4-16-30-19)27(21)15-14-26-12-2-3-13-26/h4-7,9,11,16-17H,2-3,8,10,12-15H2,1H3,(H,25,28)/b11-7+. The molecule has 4 rings (SSSR count). The average molecular weight is 425 g/mol. The first-order valence-corrected chi connectivity index (χ1v) is 11.4. The Kier molecular flexibility index (Phi) is 6.94. The fraction of sp³-hybridized carbons (Fsp3) is 0.391. The summed E-state index contributed by atoms with van der Waals surface area (Å²) in [7, 11) is 1.42. The quantitative estimate of drug-likeness (QED) is 0.421. The van der Waals surface area contributed by atoms with E-state index in [0.717, 1.165) is 48.4 Å². The lowest BCUT2D eigenvalue weighted by molar-refractivity contribution is -0.126. The number of rotatable bonds is 9. The molecule has 3 heterocycles. The number of hydroxylamine groups is 1. The van der Waals surface area contributed by atoms with Crippen LogP contribution in [0, 0.1) is 0 Å². The summed E-state index contributed by atoms with van der Waals surface area (Å²) in [4.78, 5) is 25.1. The van der Waals surface area contributed by atoms with Crippen LogP contribution in [0.5, 0.6) is 0 Å². The van der Waals surface area contributed by atoms with E-state index in [0.29, 0.717) is 0 Å². The number of aromatic nitrogens is 2. The van der Waals surface area contributed by atoms with Crippen LogP contribution < -0.4 is 5.48 Å². The molecule has 7 heteroatoms. The van der Waals surface area contributed by atoms with E-state index in [2.05, 4.69) is 43.4 Å². The van der Waals surface area contributed by atoms with Crippen LogP contribution in [-0.4, -0.2) is 47.1 Å². The molecule has 0 spiro atoms. The number of carbonyl (C=O) groups is 1. The number of benzene rings is 1. The topological polar surface area (TPSA) is 59.4 Å². The molecule has 1 aliphatic heterocycles. The van der Waals surface area contributed by atoms with Gasteiger partial charge >= 0.3 is 0 Å². The van der Waals surface area contributed by atoms with Gasteiger partial charge in [-0.3, -0.25) is 9.63 Å². The van der Waals surface area contributed by atoms with Crippen LogP contribution in [0.4, 0.5) is 0 Å². The fourth-order valence-electron chi connectivity index (χ4n) is 3.98. The maximum Gasteiger partial charge on any atom is 0.267 e. The number of likely N-dealkylation sites (tertiary alicyclic amines) is 1. The zero-order valence-electron chi connectivity index (χ0n) is 17.3. The van der Waals surface area contributed by atoms with Crippen LogP contribution in [0.15, 0.2) is 41.8 Å². The lowest BCUT2D eigenvalue weighted by Gasteiger charge is -2.16. The number of imidazole rings is 1. The van der Waals surface area contributed by atoms with Crippen molar-refractivity contribution in [1.82, 2.24) is 19.9 Å². The highest BCUT2D eigenvalue weighted by Gasteiger charge is 2.15. The largest absolute Gasteiger partial charge is 0.327 e. The molecule has 0 saturated carbocycles. The average Bonchev–Trinajstić information content (AvgIpc) is 3.50. The number of nitrogens with zero attached hydrogens (tertiary/aromatic N) is 3. The van der Waals surface area contributed by atoms with Crippen molar-refractivity contribution in [1.29, 1.82) is 0 Å². The van der Waals surface area contributed by atoms with Gasteiger partial charge in [-0.1, -0.05) is 12.1 Å². The lowest BCUT2D eigenvalue weighted by atomic mass is 10.2. The van der Waals surface area contributed by atoms with E-state index < -0.39 is 0 Å². The van der Waals surface area contributed by atoms with E-state index in [9.17, 15) is 4.79 Å². The third kappa shape index (κ3) is 5.16. The number of amides is 1. The number of aryl methyl sites for hydroxylation is 2. The Morgan fingerprint density at radius 3 is 2.87 bits per heavy atom. The first-order valence-electron chi connectivity index (χ1n) is 10.5. The number of hydrogen-bond donors (Lipinski definition) is 1. The van der Waals surface area contributed by atoms with Crippen molar-refractivity contribution in [2.45, 2.75) is 32.2 Å². The fourth-order valence-corrected chi connectivity index (χ4v) is 4.69. The van der Waals surface area contributed by atoms with Crippen LogP contribution in [0.2, 0.25) is 0 Å². The molecule has 3 aromatic rings. The highest BCUT2D eigenvalue weighted by atomic mass is 32.1. The Morgan fingerprint density at radius 1 is 1.23 bits per heavy atom. The monoisotopic (exact) mass is 424 g/mol. The summed E-state index contributed by atoms with van der Waals surface area (Å²) in [6, 6.07) is 10.5. The van der Waals surface area contributed by atoms with Gasteiger partial charge in [-0.25, -0.2) is 10.5 Å². The number of fused-ring (bicyclic) bond motifs is 1. The van der Waals surface area contributed by atoms with E-state index in [1.54, 1.807) is 17.4 Å². The zero-order chi connectivity index (χ0) is 20.8. The highest BCUT2D eigenvalue weighted by molar-refractivity contribution is 7.09. The number of hydrogen-bond acceptors (Lipinski definition) is 5. The van der Waals surface area contributed by atoms with Crippen molar-refractivity contribution < 1.29 is 9.63 Å². The first-order chi connectivity index (χ1) is 14.7.